The highest BCUT2D eigenvalue weighted by Crippen LogP contribution is 2.31. The van der Waals surface area contributed by atoms with E-state index in [9.17, 15) is 9.59 Å². The van der Waals surface area contributed by atoms with Crippen molar-refractivity contribution in [2.24, 2.45) is 5.73 Å². The molecule has 0 radical (unpaired) electrons. The molecule has 0 spiro atoms. The molecule has 5 N–H and O–H groups in total. The van der Waals surface area contributed by atoms with Gasteiger partial charge in [0.25, 0.3) is 5.91 Å². The van der Waals surface area contributed by atoms with E-state index in [1.54, 1.807) is 18.2 Å². The van der Waals surface area contributed by atoms with E-state index >= 15 is 0 Å². The van der Waals surface area contributed by atoms with Gasteiger partial charge in [0.1, 0.15) is 34.8 Å². The second-order valence-electron chi connectivity index (χ2n) is 8.80. The first-order valence-corrected chi connectivity index (χ1v) is 12.9. The van der Waals surface area contributed by atoms with E-state index in [0.29, 0.717) is 34.9 Å². The number of nitrogens with one attached hydrogen (secondary N) is 3. The van der Waals surface area contributed by atoms with Crippen LogP contribution in [0.5, 0.6) is 5.75 Å². The molecule has 0 bridgehead atoms. The summed E-state index contributed by atoms with van der Waals surface area (Å²) in [6, 6.07) is 10.8. The fourth-order valence-corrected chi connectivity index (χ4v) is 4.74. The van der Waals surface area contributed by atoms with Crippen LogP contribution in [0.4, 0.5) is 28.8 Å². The molecule has 38 heavy (non-hydrogen) atoms. The molecule has 2 amide bonds. The maximum atomic E-state index is 12.0. The standard InChI is InChI=1S/C25H27N9O3S/c1-15(35)28-20-13-16(7-8-21(20)37-12-11-34-9-2-3-10-34)29-25-27-14-17(23(26)36)24(31-25)30-18-5-4-6-19-22(18)33-38-32-19/h4-8,13-14H,2-3,9-12H2,1H3,(H2,26,36)(H,28,35)(H2,27,29,30,31). The fourth-order valence-electron chi connectivity index (χ4n) is 4.19. The highest BCUT2D eigenvalue weighted by molar-refractivity contribution is 7.00. The normalized spacial score (nSPS) is 13.4. The van der Waals surface area contributed by atoms with E-state index < -0.39 is 5.91 Å². The van der Waals surface area contributed by atoms with Crippen LogP contribution in [0.25, 0.3) is 11.0 Å². The van der Waals surface area contributed by atoms with Crippen molar-refractivity contribution in [2.75, 3.05) is 42.2 Å². The number of likely N-dealkylation sites (tertiary alicyclic amines) is 1. The molecule has 12 nitrogen and oxygen atoms in total. The lowest BCUT2D eigenvalue weighted by atomic mass is 10.2. The third-order valence-corrected chi connectivity index (χ3v) is 6.55. The minimum absolute atomic E-state index is 0.122. The molecule has 0 unspecified atom stereocenters. The first-order chi connectivity index (χ1) is 18.5. The van der Waals surface area contributed by atoms with Gasteiger partial charge in [0.05, 0.1) is 23.1 Å². The van der Waals surface area contributed by atoms with E-state index in [1.165, 1.54) is 26.0 Å². The number of amides is 2. The fraction of sp³-hybridized carbons (Fsp3) is 0.280. The smallest absolute Gasteiger partial charge is 0.254 e. The van der Waals surface area contributed by atoms with Crippen LogP contribution in [0, 0.1) is 0 Å². The number of nitrogens with zero attached hydrogens (tertiary/aromatic N) is 5. The summed E-state index contributed by atoms with van der Waals surface area (Å²) in [7, 11) is 0. The third-order valence-electron chi connectivity index (χ3n) is 6.00. The molecular weight excluding hydrogens is 506 g/mol. The van der Waals surface area contributed by atoms with Crippen LogP contribution < -0.4 is 26.4 Å². The molecule has 1 fully saturated rings. The van der Waals surface area contributed by atoms with E-state index in [4.69, 9.17) is 10.5 Å². The summed E-state index contributed by atoms with van der Waals surface area (Å²) in [6.45, 7) is 4.97. The van der Waals surface area contributed by atoms with Gasteiger partial charge in [0, 0.05) is 25.4 Å². The largest absolute Gasteiger partial charge is 0.490 e. The van der Waals surface area contributed by atoms with Crippen molar-refractivity contribution in [1.29, 1.82) is 0 Å². The number of aromatic nitrogens is 4. The predicted octanol–water partition coefficient (Wildman–Crippen LogP) is 3.50. The first-order valence-electron chi connectivity index (χ1n) is 12.2. The number of primary amides is 1. The number of rotatable bonds is 10. The zero-order chi connectivity index (χ0) is 26.5. The lowest BCUT2D eigenvalue weighted by Crippen LogP contribution is -2.25. The summed E-state index contributed by atoms with van der Waals surface area (Å²) in [5.41, 5.74) is 8.84. The van der Waals surface area contributed by atoms with Crippen LogP contribution in [0.2, 0.25) is 0 Å². The second kappa shape index (κ2) is 11.4. The quantitative estimate of drug-likeness (QED) is 0.237. The maximum Gasteiger partial charge on any atom is 0.254 e. The molecule has 2 aromatic carbocycles. The van der Waals surface area contributed by atoms with Crippen LogP contribution >= 0.6 is 11.7 Å². The van der Waals surface area contributed by atoms with Crippen molar-refractivity contribution in [3.05, 3.63) is 48.2 Å². The van der Waals surface area contributed by atoms with Crippen LogP contribution in [-0.2, 0) is 4.79 Å². The lowest BCUT2D eigenvalue weighted by Gasteiger charge is -2.17. The van der Waals surface area contributed by atoms with Crippen molar-refractivity contribution in [1.82, 2.24) is 23.6 Å². The Hall–Kier alpha value is -4.36. The van der Waals surface area contributed by atoms with Gasteiger partial charge in [-0.05, 0) is 56.3 Å². The topological polar surface area (TPSA) is 160 Å². The second-order valence-corrected chi connectivity index (χ2v) is 9.33. The third kappa shape index (κ3) is 5.95. The highest BCUT2D eigenvalue weighted by Gasteiger charge is 2.16. The van der Waals surface area contributed by atoms with Gasteiger partial charge >= 0.3 is 0 Å². The molecule has 0 aliphatic carbocycles. The Morgan fingerprint density at radius 3 is 2.74 bits per heavy atom. The number of carbonyl (C=O) groups excluding carboxylic acids is 2. The molecule has 4 aromatic rings. The molecule has 2 aromatic heterocycles. The van der Waals surface area contributed by atoms with Gasteiger partial charge in [0.2, 0.25) is 11.9 Å². The van der Waals surface area contributed by atoms with Crippen LogP contribution in [-0.4, -0.2) is 61.7 Å². The van der Waals surface area contributed by atoms with Gasteiger partial charge in [-0.15, -0.1) is 0 Å². The molecule has 0 saturated carbocycles. The summed E-state index contributed by atoms with van der Waals surface area (Å²) in [6.07, 6.45) is 3.79. The summed E-state index contributed by atoms with van der Waals surface area (Å²) in [5.74, 6) is 0.121. The Kier molecular flexibility index (Phi) is 7.56. The molecule has 1 saturated heterocycles. The van der Waals surface area contributed by atoms with E-state index in [-0.39, 0.29) is 23.2 Å². The van der Waals surface area contributed by atoms with Crippen molar-refractivity contribution in [3.63, 3.8) is 0 Å². The Labute approximate surface area is 222 Å². The van der Waals surface area contributed by atoms with Crippen molar-refractivity contribution in [3.8, 4) is 5.75 Å². The van der Waals surface area contributed by atoms with Gasteiger partial charge in [-0.1, -0.05) is 6.07 Å². The highest BCUT2D eigenvalue weighted by atomic mass is 32.1. The summed E-state index contributed by atoms with van der Waals surface area (Å²) >= 11 is 1.09. The van der Waals surface area contributed by atoms with Crippen molar-refractivity contribution < 1.29 is 14.3 Å². The minimum Gasteiger partial charge on any atom is -0.490 e. The monoisotopic (exact) mass is 533 g/mol. The number of nitrogens with two attached hydrogens (primary N) is 1. The SMILES string of the molecule is CC(=O)Nc1cc(Nc2ncc(C(N)=O)c(Nc3cccc4nsnc34)n2)ccc1OCCN1CCCC1. The molecule has 13 heteroatoms. The molecule has 1 aliphatic heterocycles. The van der Waals surface area contributed by atoms with Crippen molar-refractivity contribution in [2.45, 2.75) is 19.8 Å². The molecule has 0 atom stereocenters. The van der Waals surface area contributed by atoms with Gasteiger partial charge in [-0.3, -0.25) is 14.5 Å². The zero-order valence-corrected chi connectivity index (χ0v) is 21.5. The number of hydrogen-bond acceptors (Lipinski definition) is 11. The minimum atomic E-state index is -0.675. The summed E-state index contributed by atoms with van der Waals surface area (Å²) in [5, 5.41) is 9.06. The van der Waals surface area contributed by atoms with Gasteiger partial charge in [0.15, 0.2) is 0 Å². The number of carbonyl (C=O) groups is 2. The van der Waals surface area contributed by atoms with Crippen LogP contribution in [0.1, 0.15) is 30.1 Å². The van der Waals surface area contributed by atoms with Crippen molar-refractivity contribution >= 4 is 63.4 Å². The number of ether oxygens (including phenoxy) is 1. The van der Waals surface area contributed by atoms with E-state index in [1.807, 2.05) is 18.2 Å². The van der Waals surface area contributed by atoms with Gasteiger partial charge in [-0.25, -0.2) is 4.98 Å². The predicted molar refractivity (Wildman–Crippen MR) is 146 cm³/mol. The zero-order valence-electron chi connectivity index (χ0n) is 20.7. The maximum absolute atomic E-state index is 12.0. The first kappa shape index (κ1) is 25.3. The Balaban J connectivity index is 1.36. The Morgan fingerprint density at radius 2 is 1.95 bits per heavy atom. The average molecular weight is 534 g/mol. The van der Waals surface area contributed by atoms with Crippen LogP contribution in [0.15, 0.2) is 42.6 Å². The van der Waals surface area contributed by atoms with E-state index in [2.05, 4.69) is 39.6 Å². The lowest BCUT2D eigenvalue weighted by molar-refractivity contribution is -0.114. The number of benzene rings is 2. The molecule has 1 aliphatic rings. The molecule has 196 valence electrons. The van der Waals surface area contributed by atoms with Gasteiger partial charge < -0.3 is 26.4 Å². The average Bonchev–Trinajstić information content (AvgIpc) is 3.58. The summed E-state index contributed by atoms with van der Waals surface area (Å²) in [4.78, 5) is 35.0. The molecule has 5 rings (SSSR count). The molecular formula is C25H27N9O3S. The molecule has 3 heterocycles. The number of fused-ring (bicyclic) bond motifs is 1. The Morgan fingerprint density at radius 1 is 1.11 bits per heavy atom. The number of anilines is 5. The van der Waals surface area contributed by atoms with Crippen LogP contribution in [0.3, 0.4) is 0 Å². The number of hydrogen-bond donors (Lipinski definition) is 4. The summed E-state index contributed by atoms with van der Waals surface area (Å²) < 4.78 is 14.5. The van der Waals surface area contributed by atoms with Gasteiger partial charge in [-0.2, -0.15) is 13.7 Å². The Bertz CT molecular complexity index is 1470. The van der Waals surface area contributed by atoms with E-state index in [0.717, 1.165) is 36.9 Å².